The van der Waals surface area contributed by atoms with Crippen molar-refractivity contribution in [2.24, 2.45) is 0 Å². The summed E-state index contributed by atoms with van der Waals surface area (Å²) in [7, 11) is 0. The molecule has 7 nitrogen and oxygen atoms in total. The van der Waals surface area contributed by atoms with Gasteiger partial charge in [0.2, 0.25) is 5.91 Å². The van der Waals surface area contributed by atoms with Crippen LogP contribution >= 0.6 is 0 Å². The normalized spacial score (nSPS) is 10.9. The van der Waals surface area contributed by atoms with Crippen LogP contribution in [-0.4, -0.2) is 15.0 Å². The van der Waals surface area contributed by atoms with E-state index in [0.29, 0.717) is 11.4 Å². The standard InChI is InChI=1S/C21H17N3O4/c25-19(22-13-16-7-4-12-28-16)14-23-10-11-24(21(27)20(23)26)18-9-3-6-15-5-1-2-8-17(15)18/h1-12H,13-14H2,(H,22,25). The van der Waals surface area contributed by atoms with E-state index in [1.165, 1.54) is 23.2 Å². The molecule has 0 bridgehead atoms. The second kappa shape index (κ2) is 7.40. The fourth-order valence-electron chi connectivity index (χ4n) is 3.05. The molecule has 1 amide bonds. The summed E-state index contributed by atoms with van der Waals surface area (Å²) >= 11 is 0. The maximum Gasteiger partial charge on any atom is 0.321 e. The Morgan fingerprint density at radius 3 is 2.57 bits per heavy atom. The maximum absolute atomic E-state index is 12.6. The lowest BCUT2D eigenvalue weighted by Crippen LogP contribution is -2.42. The number of carbonyl (C=O) groups excluding carboxylic acids is 1. The maximum atomic E-state index is 12.6. The van der Waals surface area contributed by atoms with Gasteiger partial charge in [-0.15, -0.1) is 0 Å². The molecule has 0 aliphatic rings. The summed E-state index contributed by atoms with van der Waals surface area (Å²) in [6, 6.07) is 16.6. The predicted octanol–water partition coefficient (Wildman–Crippen LogP) is 2.06. The molecule has 0 atom stereocenters. The van der Waals surface area contributed by atoms with Crippen LogP contribution in [0.4, 0.5) is 0 Å². The van der Waals surface area contributed by atoms with Crippen molar-refractivity contribution in [3.05, 3.63) is 99.7 Å². The van der Waals surface area contributed by atoms with E-state index in [1.807, 2.05) is 36.4 Å². The fourth-order valence-corrected chi connectivity index (χ4v) is 3.05. The Kier molecular flexibility index (Phi) is 4.63. The van der Waals surface area contributed by atoms with Crippen LogP contribution in [0, 0.1) is 0 Å². The highest BCUT2D eigenvalue weighted by atomic mass is 16.3. The third-order valence-electron chi connectivity index (χ3n) is 4.44. The van der Waals surface area contributed by atoms with Crippen LogP contribution in [0.25, 0.3) is 16.5 Å². The van der Waals surface area contributed by atoms with Crippen molar-refractivity contribution in [1.29, 1.82) is 0 Å². The summed E-state index contributed by atoms with van der Waals surface area (Å²) in [5, 5.41) is 4.48. The van der Waals surface area contributed by atoms with Crippen molar-refractivity contribution >= 4 is 16.7 Å². The van der Waals surface area contributed by atoms with Crippen LogP contribution in [0.15, 0.2) is 87.3 Å². The highest BCUT2D eigenvalue weighted by molar-refractivity contribution is 5.90. The third-order valence-corrected chi connectivity index (χ3v) is 4.44. The Bertz CT molecular complexity index is 1250. The first kappa shape index (κ1) is 17.5. The van der Waals surface area contributed by atoms with Gasteiger partial charge in [-0.1, -0.05) is 36.4 Å². The van der Waals surface area contributed by atoms with E-state index in [4.69, 9.17) is 4.42 Å². The minimum atomic E-state index is -0.761. The van der Waals surface area contributed by atoms with Gasteiger partial charge in [0.15, 0.2) is 0 Å². The summed E-state index contributed by atoms with van der Waals surface area (Å²) in [6.07, 6.45) is 4.46. The second-order valence-electron chi connectivity index (χ2n) is 6.26. The van der Waals surface area contributed by atoms with Gasteiger partial charge in [-0.25, -0.2) is 0 Å². The number of nitrogens with one attached hydrogen (secondary N) is 1. The number of carbonyl (C=O) groups is 1. The van der Waals surface area contributed by atoms with E-state index >= 15 is 0 Å². The van der Waals surface area contributed by atoms with E-state index < -0.39 is 11.1 Å². The molecule has 2 aromatic heterocycles. The number of furan rings is 1. The molecule has 0 spiro atoms. The highest BCUT2D eigenvalue weighted by Crippen LogP contribution is 2.20. The number of hydrogen-bond acceptors (Lipinski definition) is 4. The van der Waals surface area contributed by atoms with E-state index in [0.717, 1.165) is 15.3 Å². The van der Waals surface area contributed by atoms with Crippen molar-refractivity contribution in [3.63, 3.8) is 0 Å². The van der Waals surface area contributed by atoms with Gasteiger partial charge in [0, 0.05) is 17.8 Å². The minimum Gasteiger partial charge on any atom is -0.467 e. The number of fused-ring (bicyclic) bond motifs is 1. The van der Waals surface area contributed by atoms with Crippen LogP contribution in [0.5, 0.6) is 0 Å². The lowest BCUT2D eigenvalue weighted by Gasteiger charge is -2.11. The van der Waals surface area contributed by atoms with Gasteiger partial charge in [-0.2, -0.15) is 0 Å². The van der Waals surface area contributed by atoms with Gasteiger partial charge in [-0.3, -0.25) is 23.5 Å². The largest absolute Gasteiger partial charge is 0.467 e. The Morgan fingerprint density at radius 1 is 0.929 bits per heavy atom. The molecular formula is C21H17N3O4. The second-order valence-corrected chi connectivity index (χ2v) is 6.26. The number of nitrogens with zero attached hydrogens (tertiary/aromatic N) is 2. The molecule has 0 aliphatic carbocycles. The van der Waals surface area contributed by atoms with Gasteiger partial charge in [0.25, 0.3) is 0 Å². The topological polar surface area (TPSA) is 86.2 Å². The van der Waals surface area contributed by atoms with Crippen molar-refractivity contribution in [1.82, 2.24) is 14.5 Å². The lowest BCUT2D eigenvalue weighted by atomic mass is 10.1. The fraction of sp³-hybridized carbons (Fsp3) is 0.0952. The highest BCUT2D eigenvalue weighted by Gasteiger charge is 2.11. The summed E-state index contributed by atoms with van der Waals surface area (Å²) in [6.45, 7) is -0.0290. The molecular weight excluding hydrogens is 358 g/mol. The summed E-state index contributed by atoms with van der Waals surface area (Å²) < 4.78 is 7.55. The molecule has 0 radical (unpaired) electrons. The van der Waals surface area contributed by atoms with Crippen LogP contribution in [0.3, 0.4) is 0 Å². The van der Waals surface area contributed by atoms with Crippen molar-refractivity contribution < 1.29 is 9.21 Å². The lowest BCUT2D eigenvalue weighted by molar-refractivity contribution is -0.122. The molecule has 2 aromatic carbocycles. The van der Waals surface area contributed by atoms with Crippen LogP contribution < -0.4 is 16.4 Å². The number of rotatable bonds is 5. The number of amides is 1. The first-order valence-electron chi connectivity index (χ1n) is 8.73. The summed E-state index contributed by atoms with van der Waals surface area (Å²) in [4.78, 5) is 37.2. The third kappa shape index (κ3) is 3.37. The number of aromatic nitrogens is 2. The smallest absolute Gasteiger partial charge is 0.321 e. The summed E-state index contributed by atoms with van der Waals surface area (Å²) in [5.41, 5.74) is -0.851. The molecule has 0 saturated heterocycles. The number of benzene rings is 2. The van der Waals surface area contributed by atoms with E-state index in [-0.39, 0.29) is 19.0 Å². The van der Waals surface area contributed by atoms with Gasteiger partial charge in [-0.05, 0) is 23.6 Å². The number of hydrogen-bond donors (Lipinski definition) is 1. The molecule has 4 aromatic rings. The van der Waals surface area contributed by atoms with E-state index in [9.17, 15) is 14.4 Å². The van der Waals surface area contributed by atoms with Gasteiger partial charge in [0.1, 0.15) is 12.3 Å². The zero-order chi connectivity index (χ0) is 19.5. The summed E-state index contributed by atoms with van der Waals surface area (Å²) in [5.74, 6) is 0.216. The van der Waals surface area contributed by atoms with Crippen molar-refractivity contribution in [3.8, 4) is 5.69 Å². The predicted molar refractivity (Wildman–Crippen MR) is 104 cm³/mol. The quantitative estimate of drug-likeness (QED) is 0.541. The minimum absolute atomic E-state index is 0.216. The van der Waals surface area contributed by atoms with Crippen molar-refractivity contribution in [2.75, 3.05) is 0 Å². The van der Waals surface area contributed by atoms with Crippen LogP contribution in [0.1, 0.15) is 5.76 Å². The Morgan fingerprint density at radius 2 is 1.75 bits per heavy atom. The molecule has 1 N–H and O–H groups in total. The van der Waals surface area contributed by atoms with E-state index in [2.05, 4.69) is 5.32 Å². The molecule has 28 heavy (non-hydrogen) atoms. The molecule has 0 fully saturated rings. The molecule has 0 saturated carbocycles. The molecule has 2 heterocycles. The van der Waals surface area contributed by atoms with Gasteiger partial charge in [0.05, 0.1) is 18.5 Å². The Hall–Kier alpha value is -3.87. The zero-order valence-corrected chi connectivity index (χ0v) is 14.9. The SMILES string of the molecule is O=C(Cn1ccn(-c2cccc3ccccc23)c(=O)c1=O)NCc1ccco1. The first-order valence-corrected chi connectivity index (χ1v) is 8.73. The molecule has 140 valence electrons. The van der Waals surface area contributed by atoms with Crippen LogP contribution in [-0.2, 0) is 17.9 Å². The van der Waals surface area contributed by atoms with E-state index in [1.54, 1.807) is 18.2 Å². The Labute approximate surface area is 159 Å². The van der Waals surface area contributed by atoms with Crippen LogP contribution in [0.2, 0.25) is 0 Å². The average molecular weight is 375 g/mol. The average Bonchev–Trinajstić information content (AvgIpc) is 3.24. The zero-order valence-electron chi connectivity index (χ0n) is 14.9. The first-order chi connectivity index (χ1) is 13.6. The Balaban J connectivity index is 1.61. The van der Waals surface area contributed by atoms with Gasteiger partial charge < -0.3 is 9.73 Å². The molecule has 7 heteroatoms. The van der Waals surface area contributed by atoms with Crippen molar-refractivity contribution in [2.45, 2.75) is 13.1 Å². The molecule has 0 aliphatic heterocycles. The molecule has 0 unspecified atom stereocenters. The van der Waals surface area contributed by atoms with Gasteiger partial charge >= 0.3 is 11.1 Å². The monoisotopic (exact) mass is 375 g/mol. The molecule has 4 rings (SSSR count).